The molecule has 0 aromatic heterocycles. The first-order valence-corrected chi connectivity index (χ1v) is 10.7. The zero-order valence-electron chi connectivity index (χ0n) is 20.7. The molecule has 0 bridgehead atoms. The van der Waals surface area contributed by atoms with Crippen LogP contribution in [0.1, 0.15) is 92.3 Å². The van der Waals surface area contributed by atoms with E-state index in [1.165, 1.54) is 52.6 Å². The second-order valence-electron chi connectivity index (χ2n) is 7.22. The van der Waals surface area contributed by atoms with Gasteiger partial charge in [-0.05, 0) is 19.8 Å². The summed E-state index contributed by atoms with van der Waals surface area (Å²) in [6.45, 7) is 3.62. The molecule has 0 aliphatic rings. The molecule has 9 nitrogen and oxygen atoms in total. The first-order chi connectivity index (χ1) is 14.1. The third kappa shape index (κ3) is 25.1. The van der Waals surface area contributed by atoms with Crippen molar-refractivity contribution in [2.45, 2.75) is 103 Å². The Balaban J connectivity index is -0.000000429. The summed E-state index contributed by atoms with van der Waals surface area (Å²) in [4.78, 5) is 43.7. The third-order valence-corrected chi connectivity index (χ3v) is 4.27. The first kappa shape index (κ1) is 34.6. The minimum absolute atomic E-state index is 0. The molecular weight excluding hydrogens is 415 g/mol. The van der Waals surface area contributed by atoms with Crippen LogP contribution < -0.4 is 41.0 Å². The second kappa shape index (κ2) is 23.7. The minimum atomic E-state index is -0.963. The van der Waals surface area contributed by atoms with Crippen molar-refractivity contribution < 1.29 is 64.7 Å². The van der Waals surface area contributed by atoms with Crippen molar-refractivity contribution in [3.63, 3.8) is 0 Å². The van der Waals surface area contributed by atoms with Gasteiger partial charge in [0.25, 0.3) is 0 Å². The molecular formula is C21H41N2NaO7. The van der Waals surface area contributed by atoms with Crippen LogP contribution in [0.25, 0.3) is 0 Å². The van der Waals surface area contributed by atoms with Gasteiger partial charge in [0.15, 0.2) is 0 Å². The fourth-order valence-electron chi connectivity index (χ4n) is 2.35. The number of carboxylic acid groups (broad SMARTS) is 1. The molecule has 0 rings (SSSR count). The van der Waals surface area contributed by atoms with Gasteiger partial charge in [-0.2, -0.15) is 0 Å². The molecule has 5 N–H and O–H groups in total. The number of hydrogen-bond donors (Lipinski definition) is 3. The SMILES string of the molecule is CCCCCCCCCCCC(=O)OC(=O)CC[C@H](N)C(=O)OC.C[C@H](N)C(=O)O.[H-].[Na+]. The van der Waals surface area contributed by atoms with Crippen LogP contribution in [-0.2, 0) is 28.7 Å². The van der Waals surface area contributed by atoms with Gasteiger partial charge in [0.2, 0.25) is 0 Å². The van der Waals surface area contributed by atoms with Crippen LogP contribution in [0.2, 0.25) is 0 Å². The van der Waals surface area contributed by atoms with E-state index in [2.05, 4.69) is 11.7 Å². The van der Waals surface area contributed by atoms with E-state index in [1.807, 2.05) is 0 Å². The Labute approximate surface area is 209 Å². The van der Waals surface area contributed by atoms with Gasteiger partial charge in [0, 0.05) is 12.8 Å². The predicted octanol–water partition coefficient (Wildman–Crippen LogP) is -0.208. The number of carbonyl (C=O) groups excluding carboxylic acids is 3. The van der Waals surface area contributed by atoms with E-state index in [0.717, 1.165) is 19.3 Å². The number of rotatable bonds is 15. The summed E-state index contributed by atoms with van der Waals surface area (Å²) in [7, 11) is 1.23. The average Bonchev–Trinajstić information content (AvgIpc) is 2.70. The van der Waals surface area contributed by atoms with Crippen LogP contribution in [0.4, 0.5) is 0 Å². The molecule has 0 radical (unpaired) electrons. The molecule has 31 heavy (non-hydrogen) atoms. The number of ether oxygens (including phenoxy) is 2. The Morgan fingerprint density at radius 2 is 1.29 bits per heavy atom. The van der Waals surface area contributed by atoms with Crippen molar-refractivity contribution in [1.82, 2.24) is 0 Å². The molecule has 0 aromatic carbocycles. The van der Waals surface area contributed by atoms with Gasteiger partial charge in [-0.15, -0.1) is 0 Å². The van der Waals surface area contributed by atoms with Crippen molar-refractivity contribution in [3.8, 4) is 0 Å². The Hall–Kier alpha value is -1.00. The van der Waals surface area contributed by atoms with E-state index in [-0.39, 0.29) is 50.2 Å². The van der Waals surface area contributed by atoms with Crippen molar-refractivity contribution >= 4 is 23.9 Å². The van der Waals surface area contributed by atoms with Gasteiger partial charge in [-0.3, -0.25) is 19.2 Å². The molecule has 0 aromatic rings. The summed E-state index contributed by atoms with van der Waals surface area (Å²) in [6, 6.07) is -1.60. The van der Waals surface area contributed by atoms with Gasteiger partial charge < -0.3 is 27.5 Å². The molecule has 0 fully saturated rings. The number of methoxy groups -OCH3 is 1. The average molecular weight is 457 g/mol. The van der Waals surface area contributed by atoms with Crippen molar-refractivity contribution in [3.05, 3.63) is 0 Å². The molecule has 10 heteroatoms. The molecule has 178 valence electrons. The number of carbonyl (C=O) groups is 4. The van der Waals surface area contributed by atoms with Crippen LogP contribution in [0.15, 0.2) is 0 Å². The van der Waals surface area contributed by atoms with Crippen LogP contribution >= 0.6 is 0 Å². The maximum Gasteiger partial charge on any atom is 1.00 e. The first-order valence-electron chi connectivity index (χ1n) is 10.7. The monoisotopic (exact) mass is 456 g/mol. The standard InChI is InChI=1S/C18H33NO5.C3H7NO2.Na.H/c1-3-4-5-6-7-8-9-10-11-12-16(20)24-17(21)14-13-15(19)18(22)23-2;1-2(4)3(5)6;;/h15H,3-14,19H2,1-2H3;2H,4H2,1H3,(H,5,6);;/q;;+1;-1/t15-;2-;;/m00../s1. The summed E-state index contributed by atoms with van der Waals surface area (Å²) in [5.74, 6) is -2.69. The van der Waals surface area contributed by atoms with Gasteiger partial charge in [0.05, 0.1) is 7.11 Å². The van der Waals surface area contributed by atoms with Crippen LogP contribution in [-0.4, -0.2) is 48.2 Å². The van der Waals surface area contributed by atoms with E-state index in [9.17, 15) is 19.2 Å². The number of hydrogen-bond acceptors (Lipinski definition) is 8. The van der Waals surface area contributed by atoms with E-state index in [4.69, 9.17) is 21.3 Å². The fraction of sp³-hybridized carbons (Fsp3) is 0.810. The third-order valence-electron chi connectivity index (χ3n) is 4.27. The quantitative estimate of drug-likeness (QED) is 0.131. The molecule has 0 heterocycles. The molecule has 2 atom stereocenters. The van der Waals surface area contributed by atoms with Crippen molar-refractivity contribution in [2.75, 3.05) is 7.11 Å². The van der Waals surface area contributed by atoms with Gasteiger partial charge >= 0.3 is 53.4 Å². The van der Waals surface area contributed by atoms with Gasteiger partial charge in [0.1, 0.15) is 12.1 Å². The smallest absolute Gasteiger partial charge is 1.00 e. The minimum Gasteiger partial charge on any atom is -1.00 e. The predicted molar refractivity (Wildman–Crippen MR) is 115 cm³/mol. The Morgan fingerprint density at radius 1 is 0.871 bits per heavy atom. The van der Waals surface area contributed by atoms with Crippen LogP contribution in [0, 0.1) is 0 Å². The van der Waals surface area contributed by atoms with Crippen LogP contribution in [0.3, 0.4) is 0 Å². The number of unbranched alkanes of at least 4 members (excludes halogenated alkanes) is 8. The maximum atomic E-state index is 11.5. The Bertz CT molecular complexity index is 509. The zero-order valence-corrected chi connectivity index (χ0v) is 21.7. The molecule has 0 aliphatic carbocycles. The van der Waals surface area contributed by atoms with E-state index in [0.29, 0.717) is 0 Å². The molecule has 0 unspecified atom stereocenters. The number of nitrogens with two attached hydrogens (primary N) is 2. The maximum absolute atomic E-state index is 11.5. The van der Waals surface area contributed by atoms with E-state index >= 15 is 0 Å². The van der Waals surface area contributed by atoms with E-state index < -0.39 is 36.0 Å². The molecule has 0 aliphatic heterocycles. The van der Waals surface area contributed by atoms with Crippen LogP contribution in [0.5, 0.6) is 0 Å². The number of aliphatic carboxylic acids is 1. The zero-order chi connectivity index (χ0) is 23.4. The molecule has 0 saturated carbocycles. The molecule has 0 spiro atoms. The molecule has 0 saturated heterocycles. The largest absolute Gasteiger partial charge is 1.00 e. The van der Waals surface area contributed by atoms with Gasteiger partial charge in [-0.25, -0.2) is 0 Å². The summed E-state index contributed by atoms with van der Waals surface area (Å²) in [5.41, 5.74) is 10.3. The van der Waals surface area contributed by atoms with Crippen molar-refractivity contribution in [1.29, 1.82) is 0 Å². The summed E-state index contributed by atoms with van der Waals surface area (Å²) in [6.07, 6.45) is 10.7. The normalized spacial score (nSPS) is 11.8. The summed E-state index contributed by atoms with van der Waals surface area (Å²) < 4.78 is 9.16. The summed E-state index contributed by atoms with van der Waals surface area (Å²) in [5, 5.41) is 7.87. The van der Waals surface area contributed by atoms with Crippen molar-refractivity contribution in [2.24, 2.45) is 11.5 Å². The number of esters is 3. The van der Waals surface area contributed by atoms with E-state index in [1.54, 1.807) is 0 Å². The summed E-state index contributed by atoms with van der Waals surface area (Å²) >= 11 is 0. The van der Waals surface area contributed by atoms with Gasteiger partial charge in [-0.1, -0.05) is 58.3 Å². The fourth-order valence-corrected chi connectivity index (χ4v) is 2.35. The topological polar surface area (TPSA) is 159 Å². The Morgan fingerprint density at radius 3 is 1.71 bits per heavy atom. The molecule has 0 amide bonds. The second-order valence-corrected chi connectivity index (χ2v) is 7.22. The Kier molecular flexibility index (Phi) is 26.4. The number of carboxylic acids is 1.